The summed E-state index contributed by atoms with van der Waals surface area (Å²) in [6.45, 7) is 15.2. The summed E-state index contributed by atoms with van der Waals surface area (Å²) < 4.78 is 104. The Morgan fingerprint density at radius 3 is 1.18 bits per heavy atom. The smallest absolute Gasteiger partial charge is 0.496 e. The number of alkyl halides is 1. The maximum atomic E-state index is 15.6. The third-order valence-corrected chi connectivity index (χ3v) is 21.3. The maximum absolute atomic E-state index is 15.6. The lowest BCUT2D eigenvalue weighted by Crippen LogP contribution is -2.41. The van der Waals surface area contributed by atoms with E-state index in [0.717, 1.165) is 22.2 Å². The Balaban J connectivity index is 0.000000170. The number of carbonyl (C=O) groups is 7. The zero-order chi connectivity index (χ0) is 93.4. The molecule has 0 spiro atoms. The first-order chi connectivity index (χ1) is 61.7. The van der Waals surface area contributed by atoms with Crippen molar-refractivity contribution in [2.75, 3.05) is 82.7 Å². The molecule has 0 aliphatic carbocycles. The van der Waals surface area contributed by atoms with Crippen molar-refractivity contribution in [1.82, 2.24) is 30.6 Å². The molecule has 0 radical (unpaired) electrons. The fourth-order valence-electron chi connectivity index (χ4n) is 13.5. The van der Waals surface area contributed by atoms with Crippen LogP contribution in [-0.4, -0.2) is 141 Å². The van der Waals surface area contributed by atoms with Gasteiger partial charge in [0.25, 0.3) is 0 Å². The van der Waals surface area contributed by atoms with Gasteiger partial charge in [0, 0.05) is 103 Å². The van der Waals surface area contributed by atoms with Crippen molar-refractivity contribution in [3.05, 3.63) is 303 Å². The van der Waals surface area contributed by atoms with Crippen LogP contribution < -0.4 is 56.7 Å². The first-order valence-corrected chi connectivity index (χ1v) is 41.1. The highest BCUT2D eigenvalue weighted by Crippen LogP contribution is 2.42. The van der Waals surface area contributed by atoms with Crippen LogP contribution in [0.25, 0.3) is 44.5 Å². The topological polar surface area (TPSA) is 336 Å². The van der Waals surface area contributed by atoms with Crippen molar-refractivity contribution in [2.24, 2.45) is 0 Å². The summed E-state index contributed by atoms with van der Waals surface area (Å²) in [6, 6.07) is 54.0. The molecule has 6 heterocycles. The van der Waals surface area contributed by atoms with E-state index in [-0.39, 0.29) is 71.0 Å². The van der Waals surface area contributed by atoms with E-state index in [1.165, 1.54) is 69.3 Å². The van der Waals surface area contributed by atoms with Gasteiger partial charge in [0.05, 0.1) is 69.0 Å². The molecule has 0 bridgehead atoms. The maximum Gasteiger partial charge on any atom is 0.508 e. The zero-order valence-electron chi connectivity index (χ0n) is 73.4. The van der Waals surface area contributed by atoms with Gasteiger partial charge in [-0.1, -0.05) is 115 Å². The number of methoxy groups -OCH3 is 5. The van der Waals surface area contributed by atoms with Crippen molar-refractivity contribution >= 4 is 88.8 Å². The second-order valence-electron chi connectivity index (χ2n) is 30.5. The molecule has 4 aromatic heterocycles. The zero-order valence-corrected chi connectivity index (χ0v) is 74.2. The molecule has 2 aliphatic rings. The second-order valence-corrected chi connectivity index (χ2v) is 30.9. The molecule has 0 atom stereocenters. The van der Waals surface area contributed by atoms with Crippen molar-refractivity contribution in [3.8, 4) is 67.5 Å². The lowest BCUT2D eigenvalue weighted by Gasteiger charge is -2.32. The van der Waals surface area contributed by atoms with Gasteiger partial charge in [0.1, 0.15) is 76.1 Å². The van der Waals surface area contributed by atoms with Crippen LogP contribution in [0.15, 0.2) is 219 Å². The molecule has 2 fully saturated rings. The predicted molar refractivity (Wildman–Crippen MR) is 489 cm³/mol. The van der Waals surface area contributed by atoms with E-state index in [1.807, 2.05) is 45.9 Å². The number of Topliss-reactive ketones (excluding diaryl/α,β-unsaturated/α-hetero) is 4. The highest BCUT2D eigenvalue weighted by atomic mass is 35.5. The summed E-state index contributed by atoms with van der Waals surface area (Å²) in [5, 5.41) is 7.92. The average Bonchev–Trinajstić information content (AvgIpc) is 1.76. The van der Waals surface area contributed by atoms with E-state index in [0.29, 0.717) is 169 Å². The molecule has 7 N–H and O–H groups in total. The quantitative estimate of drug-likeness (QED) is 0.0117. The predicted octanol–water partition coefficient (Wildman–Crippen LogP) is 18.5. The Morgan fingerprint density at radius 1 is 0.481 bits per heavy atom. The number of aromatic nitrogens is 4. The summed E-state index contributed by atoms with van der Waals surface area (Å²) in [7, 11) is 6.70. The molecule has 0 unspecified atom stereocenters. The van der Waals surface area contributed by atoms with Gasteiger partial charge in [0.15, 0.2) is 23.1 Å². The summed E-state index contributed by atoms with van der Waals surface area (Å²) in [5.74, 6) is 1.52. The lowest BCUT2D eigenvalue weighted by molar-refractivity contribution is 0.00578. The number of nitrogens with two attached hydrogens (primary N) is 2. The minimum atomic E-state index is -0.898. The normalized spacial score (nSPS) is 12.6. The van der Waals surface area contributed by atoms with E-state index in [1.54, 1.807) is 200 Å². The number of urea groups is 2. The van der Waals surface area contributed by atoms with Gasteiger partial charge in [-0.15, -0.1) is 11.6 Å². The van der Waals surface area contributed by atoms with E-state index < -0.39 is 29.6 Å². The second kappa shape index (κ2) is 44.7. The number of hydrogen-bond acceptors (Lipinski definition) is 21. The molecule has 14 rings (SSSR count). The Labute approximate surface area is 750 Å². The minimum absolute atomic E-state index is 0.0738. The van der Waals surface area contributed by atoms with Crippen LogP contribution in [0.4, 0.5) is 55.2 Å². The van der Waals surface area contributed by atoms with Crippen molar-refractivity contribution < 1.29 is 88.9 Å². The van der Waals surface area contributed by atoms with Crippen molar-refractivity contribution in [1.29, 1.82) is 0 Å². The Morgan fingerprint density at radius 2 is 0.853 bits per heavy atom. The van der Waals surface area contributed by atoms with Gasteiger partial charge in [-0.2, -0.15) is 0 Å². The van der Waals surface area contributed by atoms with E-state index >= 15 is 13.2 Å². The fraction of sp³-hybridized carbons (Fsp3) is 0.235. The van der Waals surface area contributed by atoms with Crippen LogP contribution >= 0.6 is 11.6 Å². The Kier molecular flexibility index (Phi) is 33.5. The molecule has 31 heteroatoms. The lowest BCUT2D eigenvalue weighted by atomic mass is 9.80. The van der Waals surface area contributed by atoms with Crippen LogP contribution in [0, 0.1) is 23.3 Å². The number of nitrogens with zero attached hydrogens (tertiary/aromatic N) is 5. The van der Waals surface area contributed by atoms with Gasteiger partial charge >= 0.3 is 25.3 Å². The summed E-state index contributed by atoms with van der Waals surface area (Å²) in [6.07, 6.45) is 6.66. The molecule has 0 saturated carbocycles. The third-order valence-electron chi connectivity index (χ3n) is 21.1. The van der Waals surface area contributed by atoms with E-state index in [9.17, 15) is 38.0 Å². The Hall–Kier alpha value is -14.4. The van der Waals surface area contributed by atoms with Gasteiger partial charge in [-0.3, -0.25) is 29.4 Å². The number of hydrogen-bond donors (Lipinski definition) is 5. The molecule has 2 saturated heterocycles. The highest BCUT2D eigenvalue weighted by molar-refractivity contribution is 6.62. The number of amides is 4. The van der Waals surface area contributed by atoms with Crippen LogP contribution in [-0.2, 0) is 44.7 Å². The van der Waals surface area contributed by atoms with Crippen LogP contribution in [0.5, 0.6) is 23.0 Å². The van der Waals surface area contributed by atoms with Crippen LogP contribution in [0.1, 0.15) is 136 Å². The van der Waals surface area contributed by atoms with Crippen molar-refractivity contribution in [3.63, 3.8) is 0 Å². The molecule has 25 nitrogen and oxygen atoms in total. The molecular formula is C98H98BClF4N10O15. The number of halogens is 5. The van der Waals surface area contributed by atoms with Gasteiger partial charge < -0.3 is 59.8 Å². The first kappa shape index (κ1) is 96.9. The van der Waals surface area contributed by atoms with Crippen LogP contribution in [0.2, 0.25) is 0 Å². The van der Waals surface area contributed by atoms with Crippen LogP contribution in [0.3, 0.4) is 0 Å². The first-order valence-electron chi connectivity index (χ1n) is 40.6. The molecule has 2 aliphatic heterocycles. The van der Waals surface area contributed by atoms with E-state index in [4.69, 9.17) is 56.1 Å². The number of nitrogen functional groups attached to an aromatic ring is 2. The SMILES string of the molecule is CC1(C)OB(c2ccc(N)nc2)OC1(C)C.COC(=O)OCc1ccc(OC)c(-c2cccc(C(C)=O)c2)c1F.COc1ccc(Cc2ccc(N)nc2)c(F)c1-c1cccc(C(C)=O)c1.COc1ccc(Cc2ccc(N3CCNC3=O)nc2)c(F)c1-c1cccc(C(C)=O)c1.COc1ccc(Cc2ccc(NC(=O)NCCCl)nc2)c(F)c1-c1cccc(C(C)=O)c1. The monoisotopic (exact) mass is 1780 g/mol. The number of ether oxygens (including phenoxy) is 6. The summed E-state index contributed by atoms with van der Waals surface area (Å²) in [4.78, 5) is 99.5. The summed E-state index contributed by atoms with van der Waals surface area (Å²) >= 11 is 5.54. The van der Waals surface area contributed by atoms with E-state index in [2.05, 4.69) is 40.6 Å². The minimum Gasteiger partial charge on any atom is -0.496 e. The standard InChI is InChI=1S/C24H23ClFN3O3.C24H22FN3O3.C21H19FN2O2.C18H17FO5.C11H17BN2O2/c1-15(30)17-4-3-5-18(13-17)22-20(32-2)8-7-19(23(22)26)12-16-6-9-21(28-14-16)29-24(31)27-11-10-25;1-15(29)17-4-3-5-18(13-17)22-20(31-2)8-7-19(23(22)25)12-16-6-9-21(27-14-16)28-11-10-26-24(28)30;1-13(25)15-4-3-5-16(11-15)20-18(26-2)8-7-17(21(20)22)10-14-6-9-19(23)24-12-14;1-11(20)12-5-4-6-13(9-12)16-15(22-2)8-7-14(17(16)19)10-24-18(21)23-3;1-10(2)11(3,4)16-12(15-10)8-5-6-9(13)14-7-8/h3-9,13-14H,10-12H2,1-2H3,(H2,27,28,29,31);3-9,13-14H,10-12H2,1-2H3,(H,26,30);3-9,11-12H,10H2,1-2H3,(H2,23,24);4-9H,10H2,1-3H3;5-7H,1-4H3,(H2,13,14). The number of carbonyl (C=O) groups excluding carboxylic acids is 7. The van der Waals surface area contributed by atoms with Gasteiger partial charge in [0.2, 0.25) is 0 Å². The van der Waals surface area contributed by atoms with Gasteiger partial charge in [-0.25, -0.2) is 51.9 Å². The molecule has 668 valence electrons. The number of ketones is 4. The number of pyridine rings is 4. The number of nitrogens with one attached hydrogen (secondary N) is 3. The number of benzene rings is 8. The number of rotatable bonds is 25. The average molecular weight is 1780 g/mol. The summed E-state index contributed by atoms with van der Waals surface area (Å²) in [5.41, 5.74) is 20.9. The highest BCUT2D eigenvalue weighted by Gasteiger charge is 2.52. The largest absolute Gasteiger partial charge is 0.508 e. The molecule has 4 amide bonds. The third kappa shape index (κ3) is 25.1. The van der Waals surface area contributed by atoms with Gasteiger partial charge in [-0.05, 0) is 190 Å². The number of anilines is 4. The molecule has 12 aromatic rings. The molecule has 129 heavy (non-hydrogen) atoms. The van der Waals surface area contributed by atoms with Crippen molar-refractivity contribution in [2.45, 2.75) is 92.5 Å². The Bertz CT molecular complexity index is 6020. The molecule has 8 aromatic carbocycles. The fourth-order valence-corrected chi connectivity index (χ4v) is 13.6. The molecular weight excluding hydrogens is 1680 g/mol.